The summed E-state index contributed by atoms with van der Waals surface area (Å²) < 4.78 is 30.4. The Labute approximate surface area is 207 Å². The Morgan fingerprint density at radius 2 is 1.80 bits per heavy atom. The molecule has 35 heavy (non-hydrogen) atoms. The van der Waals surface area contributed by atoms with Crippen LogP contribution in [0.15, 0.2) is 18.5 Å². The summed E-state index contributed by atoms with van der Waals surface area (Å²) in [6.45, 7) is 9.55. The van der Waals surface area contributed by atoms with Crippen LogP contribution in [0.5, 0.6) is 5.75 Å². The Morgan fingerprint density at radius 1 is 1.06 bits per heavy atom. The van der Waals surface area contributed by atoms with Crippen LogP contribution in [-0.2, 0) is 9.84 Å². The molecule has 9 nitrogen and oxygen atoms in total. The van der Waals surface area contributed by atoms with Gasteiger partial charge in [-0.3, -0.25) is 4.90 Å². The van der Waals surface area contributed by atoms with Gasteiger partial charge in [0.15, 0.2) is 9.84 Å². The van der Waals surface area contributed by atoms with Gasteiger partial charge in [-0.15, -0.1) is 0 Å². The molecule has 188 valence electrons. The minimum atomic E-state index is -2.98. The van der Waals surface area contributed by atoms with E-state index in [1.54, 1.807) is 6.33 Å². The van der Waals surface area contributed by atoms with Crippen LogP contribution in [0.1, 0.15) is 48.5 Å². The Hall–Kier alpha value is -2.43. The SMILES string of the molecule is Cc1cc(C2CCN(C3CNC3)CC2)cc2c1OC(C)c1c(ncnc1N1CCS(=O)(=O)CC1)N2. The molecule has 2 aromatic rings. The van der Waals surface area contributed by atoms with Crippen molar-refractivity contribution >= 4 is 27.2 Å². The molecule has 0 bridgehead atoms. The van der Waals surface area contributed by atoms with E-state index in [4.69, 9.17) is 4.74 Å². The van der Waals surface area contributed by atoms with Crippen molar-refractivity contribution in [2.75, 3.05) is 61.0 Å². The number of benzene rings is 1. The molecule has 5 heterocycles. The molecule has 0 spiro atoms. The molecule has 0 radical (unpaired) electrons. The van der Waals surface area contributed by atoms with Gasteiger partial charge in [0.1, 0.15) is 29.8 Å². The predicted molar refractivity (Wildman–Crippen MR) is 137 cm³/mol. The molecule has 1 aromatic carbocycles. The van der Waals surface area contributed by atoms with Crippen LogP contribution in [-0.4, -0.2) is 80.1 Å². The third-order valence-electron chi connectivity index (χ3n) is 8.04. The number of ether oxygens (including phenoxy) is 1. The Kier molecular flexibility index (Phi) is 5.85. The van der Waals surface area contributed by atoms with E-state index in [0.717, 1.165) is 60.4 Å². The van der Waals surface area contributed by atoms with Gasteiger partial charge in [0.05, 0.1) is 22.8 Å². The molecule has 1 unspecified atom stereocenters. The number of nitrogens with zero attached hydrogens (tertiary/aromatic N) is 4. The lowest BCUT2D eigenvalue weighted by Crippen LogP contribution is -2.58. The van der Waals surface area contributed by atoms with Crippen LogP contribution in [0.2, 0.25) is 0 Å². The molecule has 0 saturated carbocycles. The molecule has 0 amide bonds. The van der Waals surface area contributed by atoms with Gasteiger partial charge in [-0.05, 0) is 62.9 Å². The molecule has 3 saturated heterocycles. The molecule has 0 aliphatic carbocycles. The number of anilines is 3. The van der Waals surface area contributed by atoms with Crippen molar-refractivity contribution in [3.63, 3.8) is 0 Å². The van der Waals surface area contributed by atoms with E-state index >= 15 is 0 Å². The lowest BCUT2D eigenvalue weighted by molar-refractivity contribution is 0.113. The maximum atomic E-state index is 12.0. The van der Waals surface area contributed by atoms with E-state index in [2.05, 4.69) is 44.6 Å². The molecular weight excluding hydrogens is 464 g/mol. The van der Waals surface area contributed by atoms with Gasteiger partial charge in [0, 0.05) is 32.2 Å². The van der Waals surface area contributed by atoms with Crippen molar-refractivity contribution in [3.05, 3.63) is 35.2 Å². The zero-order valence-electron chi connectivity index (χ0n) is 20.5. The van der Waals surface area contributed by atoms with Crippen LogP contribution in [0.25, 0.3) is 0 Å². The lowest BCUT2D eigenvalue weighted by atomic mass is 9.87. The second-order valence-electron chi connectivity index (χ2n) is 10.3. The first-order valence-corrected chi connectivity index (χ1v) is 14.5. The van der Waals surface area contributed by atoms with Gasteiger partial charge < -0.3 is 20.3 Å². The van der Waals surface area contributed by atoms with Crippen molar-refractivity contribution < 1.29 is 13.2 Å². The quantitative estimate of drug-likeness (QED) is 0.661. The monoisotopic (exact) mass is 498 g/mol. The van der Waals surface area contributed by atoms with Crippen molar-refractivity contribution in [1.29, 1.82) is 0 Å². The average Bonchev–Trinajstić information content (AvgIpc) is 2.95. The predicted octanol–water partition coefficient (Wildman–Crippen LogP) is 2.37. The highest BCUT2D eigenvalue weighted by Gasteiger charge is 2.33. The number of hydrogen-bond acceptors (Lipinski definition) is 9. The molecule has 6 rings (SSSR count). The van der Waals surface area contributed by atoms with Gasteiger partial charge in [-0.1, -0.05) is 6.07 Å². The second-order valence-corrected chi connectivity index (χ2v) is 12.6. The summed E-state index contributed by atoms with van der Waals surface area (Å²) in [6.07, 6.45) is 3.64. The van der Waals surface area contributed by atoms with Crippen LogP contribution < -0.4 is 20.3 Å². The first-order chi connectivity index (χ1) is 16.9. The zero-order valence-corrected chi connectivity index (χ0v) is 21.3. The number of rotatable bonds is 3. The first-order valence-electron chi connectivity index (χ1n) is 12.7. The minimum absolute atomic E-state index is 0.146. The van der Waals surface area contributed by atoms with Crippen LogP contribution >= 0.6 is 0 Å². The van der Waals surface area contributed by atoms with E-state index < -0.39 is 9.84 Å². The Balaban J connectivity index is 1.27. The number of sulfone groups is 1. The topological polar surface area (TPSA) is 99.7 Å². The summed E-state index contributed by atoms with van der Waals surface area (Å²) in [5.41, 5.74) is 4.30. The summed E-state index contributed by atoms with van der Waals surface area (Å²) in [4.78, 5) is 13.8. The molecule has 2 N–H and O–H groups in total. The maximum absolute atomic E-state index is 12.0. The second kappa shape index (κ2) is 8.90. The fourth-order valence-corrected chi connectivity index (χ4v) is 7.02. The lowest BCUT2D eigenvalue weighted by Gasteiger charge is -2.42. The first kappa shape index (κ1) is 23.0. The molecule has 4 aliphatic rings. The normalized spacial score (nSPS) is 25.0. The van der Waals surface area contributed by atoms with Crippen LogP contribution in [0.3, 0.4) is 0 Å². The number of likely N-dealkylation sites (tertiary alicyclic amines) is 1. The van der Waals surface area contributed by atoms with E-state index in [9.17, 15) is 8.42 Å². The summed E-state index contributed by atoms with van der Waals surface area (Å²) in [5.74, 6) is 3.18. The molecule has 10 heteroatoms. The number of aryl methyl sites for hydroxylation is 1. The third-order valence-corrected chi connectivity index (χ3v) is 9.64. The Morgan fingerprint density at radius 3 is 2.49 bits per heavy atom. The van der Waals surface area contributed by atoms with Gasteiger partial charge in [-0.25, -0.2) is 18.4 Å². The standard InChI is InChI=1S/C25H34N6O3S/c1-16-11-19(18-3-5-30(6-4-18)20-13-26-14-20)12-21-23(16)34-17(2)22-24(29-21)27-15-28-25(22)31-7-9-35(32,33)10-8-31/h11-12,15,17-18,20,26H,3-10,13-14H2,1-2H3,(H,27,28,29). The largest absolute Gasteiger partial charge is 0.483 e. The summed E-state index contributed by atoms with van der Waals surface area (Å²) >= 11 is 0. The average molecular weight is 499 g/mol. The molecule has 3 fully saturated rings. The number of hydrogen-bond donors (Lipinski definition) is 2. The van der Waals surface area contributed by atoms with Crippen molar-refractivity contribution in [2.45, 2.75) is 44.8 Å². The van der Waals surface area contributed by atoms with Crippen molar-refractivity contribution in [3.8, 4) is 5.75 Å². The highest BCUT2D eigenvalue weighted by atomic mass is 32.2. The fourth-order valence-electron chi connectivity index (χ4n) is 5.82. The van der Waals surface area contributed by atoms with Gasteiger partial charge >= 0.3 is 0 Å². The highest BCUT2D eigenvalue weighted by molar-refractivity contribution is 7.91. The van der Waals surface area contributed by atoms with Crippen molar-refractivity contribution in [2.24, 2.45) is 0 Å². The summed E-state index contributed by atoms with van der Waals surface area (Å²) in [5, 5.41) is 6.94. The third kappa shape index (κ3) is 4.36. The molecular formula is C25H34N6O3S. The van der Waals surface area contributed by atoms with E-state index in [-0.39, 0.29) is 17.6 Å². The van der Waals surface area contributed by atoms with Gasteiger partial charge in [0.25, 0.3) is 0 Å². The van der Waals surface area contributed by atoms with Crippen molar-refractivity contribution in [1.82, 2.24) is 20.2 Å². The van der Waals surface area contributed by atoms with Gasteiger partial charge in [0.2, 0.25) is 0 Å². The smallest absolute Gasteiger partial charge is 0.153 e. The number of fused-ring (bicyclic) bond motifs is 2. The highest BCUT2D eigenvalue weighted by Crippen LogP contribution is 2.45. The van der Waals surface area contributed by atoms with Gasteiger partial charge in [-0.2, -0.15) is 0 Å². The number of piperidine rings is 1. The number of nitrogens with one attached hydrogen (secondary N) is 2. The minimum Gasteiger partial charge on any atom is -0.483 e. The maximum Gasteiger partial charge on any atom is 0.153 e. The van der Waals surface area contributed by atoms with E-state index in [1.807, 2.05) is 11.8 Å². The van der Waals surface area contributed by atoms with E-state index in [1.165, 1.54) is 18.4 Å². The summed E-state index contributed by atoms with van der Waals surface area (Å²) in [6, 6.07) is 5.24. The van der Waals surface area contributed by atoms with Crippen LogP contribution in [0.4, 0.5) is 17.3 Å². The van der Waals surface area contributed by atoms with Crippen LogP contribution in [0, 0.1) is 6.92 Å². The summed E-state index contributed by atoms with van der Waals surface area (Å²) in [7, 11) is -2.98. The van der Waals surface area contributed by atoms with E-state index in [0.29, 0.717) is 25.0 Å². The Bertz CT molecular complexity index is 1210. The molecule has 1 atom stereocenters. The fraction of sp³-hybridized carbons (Fsp3) is 0.600. The zero-order chi connectivity index (χ0) is 24.2. The molecule has 4 aliphatic heterocycles. The number of aromatic nitrogens is 2. The molecule has 1 aromatic heterocycles.